The maximum atomic E-state index is 12.4. The summed E-state index contributed by atoms with van der Waals surface area (Å²) in [5.74, 6) is 1.60. The monoisotopic (exact) mass is 351 g/mol. The molecular formula is C19H21N5O2. The van der Waals surface area contributed by atoms with Crippen LogP contribution in [-0.4, -0.2) is 42.1 Å². The van der Waals surface area contributed by atoms with Gasteiger partial charge in [-0.15, -0.1) is 0 Å². The summed E-state index contributed by atoms with van der Waals surface area (Å²) in [5, 5.41) is 12.2. The van der Waals surface area contributed by atoms with Crippen LogP contribution in [0.3, 0.4) is 0 Å². The molecule has 1 aliphatic heterocycles. The van der Waals surface area contributed by atoms with Crippen molar-refractivity contribution in [3.05, 3.63) is 41.4 Å². The minimum Gasteiger partial charge on any atom is -0.423 e. The van der Waals surface area contributed by atoms with Crippen molar-refractivity contribution < 1.29 is 9.21 Å². The van der Waals surface area contributed by atoms with Crippen molar-refractivity contribution >= 4 is 17.6 Å². The van der Waals surface area contributed by atoms with Crippen molar-refractivity contribution in [2.75, 3.05) is 36.4 Å². The Bertz CT molecular complexity index is 840. The number of hydrogen-bond donors (Lipinski definition) is 1. The van der Waals surface area contributed by atoms with Crippen molar-refractivity contribution in [3.8, 4) is 6.07 Å². The van der Waals surface area contributed by atoms with Crippen LogP contribution >= 0.6 is 0 Å². The Morgan fingerprint density at radius 1 is 1.23 bits per heavy atom. The first-order valence-electron chi connectivity index (χ1n) is 8.92. The summed E-state index contributed by atoms with van der Waals surface area (Å²) in [6, 6.07) is 9.76. The molecule has 1 aromatic heterocycles. The molecule has 2 heterocycles. The first-order chi connectivity index (χ1) is 12.6. The van der Waals surface area contributed by atoms with Crippen LogP contribution in [0.2, 0.25) is 0 Å². The predicted molar refractivity (Wildman–Crippen MR) is 97.2 cm³/mol. The molecule has 1 saturated heterocycles. The van der Waals surface area contributed by atoms with Crippen LogP contribution < -0.4 is 10.2 Å². The van der Waals surface area contributed by atoms with Crippen LogP contribution in [0.15, 0.2) is 28.7 Å². The third kappa shape index (κ3) is 3.36. The molecule has 0 unspecified atom stereocenters. The highest BCUT2D eigenvalue weighted by atomic mass is 16.4. The van der Waals surface area contributed by atoms with Gasteiger partial charge in [-0.05, 0) is 31.9 Å². The number of aryl methyl sites for hydroxylation is 1. The molecule has 0 spiro atoms. The molecule has 1 aliphatic carbocycles. The molecule has 1 saturated carbocycles. The van der Waals surface area contributed by atoms with Crippen LogP contribution in [0.4, 0.5) is 16.4 Å². The Morgan fingerprint density at radius 3 is 2.54 bits per heavy atom. The van der Waals surface area contributed by atoms with E-state index in [0.717, 1.165) is 24.1 Å². The number of piperazine rings is 1. The summed E-state index contributed by atoms with van der Waals surface area (Å²) in [6.45, 7) is 4.40. The molecular weight excluding hydrogens is 330 g/mol. The molecule has 2 aromatic rings. The first kappa shape index (κ1) is 16.5. The van der Waals surface area contributed by atoms with Gasteiger partial charge in [-0.3, -0.25) is 0 Å². The van der Waals surface area contributed by atoms with Crippen molar-refractivity contribution in [1.29, 1.82) is 5.26 Å². The maximum absolute atomic E-state index is 12.4. The van der Waals surface area contributed by atoms with E-state index in [1.807, 2.05) is 36.1 Å². The lowest BCUT2D eigenvalue weighted by atomic mass is 10.2. The second-order valence-electron chi connectivity index (χ2n) is 6.86. The summed E-state index contributed by atoms with van der Waals surface area (Å²) in [4.78, 5) is 20.5. The Labute approximate surface area is 152 Å². The average Bonchev–Trinajstić information content (AvgIpc) is 3.42. The fourth-order valence-corrected chi connectivity index (χ4v) is 3.07. The number of carbonyl (C=O) groups is 1. The van der Waals surface area contributed by atoms with E-state index in [0.29, 0.717) is 49.6 Å². The SMILES string of the molecule is Cc1ccc(NC(=O)N2CCN(c3oc(C4CC4)nc3C#N)CC2)cc1. The van der Waals surface area contributed by atoms with Crippen molar-refractivity contribution in [2.24, 2.45) is 0 Å². The molecule has 0 atom stereocenters. The van der Waals surface area contributed by atoms with E-state index in [9.17, 15) is 10.1 Å². The molecule has 1 aromatic carbocycles. The van der Waals surface area contributed by atoms with E-state index >= 15 is 0 Å². The summed E-state index contributed by atoms with van der Waals surface area (Å²) in [6.07, 6.45) is 2.16. The maximum Gasteiger partial charge on any atom is 0.321 e. The average molecular weight is 351 g/mol. The third-order valence-electron chi connectivity index (χ3n) is 4.82. The standard InChI is InChI=1S/C19H21N5O2/c1-13-2-6-15(7-3-13)21-19(25)24-10-8-23(9-11-24)18-16(12-20)22-17(26-18)14-4-5-14/h2-3,6-7,14H,4-5,8-11H2,1H3,(H,21,25). The predicted octanol–water partition coefficient (Wildman–Crippen LogP) is 3.09. The lowest BCUT2D eigenvalue weighted by Crippen LogP contribution is -2.50. The van der Waals surface area contributed by atoms with Crippen LogP contribution in [0.25, 0.3) is 0 Å². The quantitative estimate of drug-likeness (QED) is 0.918. The largest absolute Gasteiger partial charge is 0.423 e. The minimum atomic E-state index is -0.106. The second-order valence-corrected chi connectivity index (χ2v) is 6.86. The zero-order valence-corrected chi connectivity index (χ0v) is 14.7. The highest BCUT2D eigenvalue weighted by molar-refractivity contribution is 5.89. The fourth-order valence-electron chi connectivity index (χ4n) is 3.07. The van der Waals surface area contributed by atoms with E-state index < -0.39 is 0 Å². The van der Waals surface area contributed by atoms with Gasteiger partial charge >= 0.3 is 6.03 Å². The summed E-state index contributed by atoms with van der Waals surface area (Å²) < 4.78 is 5.84. The van der Waals surface area contributed by atoms with Gasteiger partial charge in [-0.2, -0.15) is 5.26 Å². The van der Waals surface area contributed by atoms with Crippen LogP contribution in [0.1, 0.15) is 35.9 Å². The number of oxazole rings is 1. The number of amides is 2. The fraction of sp³-hybridized carbons (Fsp3) is 0.421. The summed E-state index contributed by atoms with van der Waals surface area (Å²) >= 11 is 0. The van der Waals surface area contributed by atoms with Gasteiger partial charge in [0.05, 0.1) is 0 Å². The molecule has 7 heteroatoms. The van der Waals surface area contributed by atoms with Crippen molar-refractivity contribution in [2.45, 2.75) is 25.7 Å². The number of urea groups is 1. The Balaban J connectivity index is 1.37. The molecule has 7 nitrogen and oxygen atoms in total. The number of benzene rings is 1. The topological polar surface area (TPSA) is 85.4 Å². The lowest BCUT2D eigenvalue weighted by Gasteiger charge is -2.34. The molecule has 4 rings (SSSR count). The van der Waals surface area contributed by atoms with Gasteiger partial charge in [-0.25, -0.2) is 9.78 Å². The smallest absolute Gasteiger partial charge is 0.321 e. The number of rotatable bonds is 3. The van der Waals surface area contributed by atoms with Crippen molar-refractivity contribution in [3.63, 3.8) is 0 Å². The Hall–Kier alpha value is -3.01. The van der Waals surface area contributed by atoms with Gasteiger partial charge in [0.2, 0.25) is 17.5 Å². The van der Waals surface area contributed by atoms with Crippen LogP contribution in [0, 0.1) is 18.3 Å². The van der Waals surface area contributed by atoms with Crippen molar-refractivity contribution in [1.82, 2.24) is 9.88 Å². The van der Waals surface area contributed by atoms with E-state index in [4.69, 9.17) is 4.42 Å². The van der Waals surface area contributed by atoms with E-state index in [1.54, 1.807) is 4.90 Å². The zero-order valence-electron chi connectivity index (χ0n) is 14.7. The molecule has 1 N–H and O–H groups in total. The molecule has 0 bridgehead atoms. The van der Waals surface area contributed by atoms with Gasteiger partial charge in [0.1, 0.15) is 6.07 Å². The molecule has 2 amide bonds. The number of hydrogen-bond acceptors (Lipinski definition) is 5. The van der Waals surface area contributed by atoms with Gasteiger partial charge in [-0.1, -0.05) is 17.7 Å². The van der Waals surface area contributed by atoms with Crippen LogP contribution in [-0.2, 0) is 0 Å². The van der Waals surface area contributed by atoms with Gasteiger partial charge in [0.15, 0.2) is 0 Å². The normalized spacial score (nSPS) is 17.1. The zero-order chi connectivity index (χ0) is 18.1. The number of anilines is 2. The highest BCUT2D eigenvalue weighted by Crippen LogP contribution is 2.41. The van der Waals surface area contributed by atoms with E-state index in [-0.39, 0.29) is 6.03 Å². The van der Waals surface area contributed by atoms with Gasteiger partial charge in [0, 0.05) is 37.8 Å². The molecule has 2 aliphatic rings. The number of nitrogens with one attached hydrogen (secondary N) is 1. The number of aromatic nitrogens is 1. The molecule has 26 heavy (non-hydrogen) atoms. The third-order valence-corrected chi connectivity index (χ3v) is 4.82. The molecule has 134 valence electrons. The minimum absolute atomic E-state index is 0.106. The first-order valence-corrected chi connectivity index (χ1v) is 8.92. The van der Waals surface area contributed by atoms with Gasteiger partial charge in [0.25, 0.3) is 0 Å². The Kier molecular flexibility index (Phi) is 4.25. The number of carbonyl (C=O) groups excluding carboxylic acids is 1. The lowest BCUT2D eigenvalue weighted by molar-refractivity contribution is 0.207. The molecule has 0 radical (unpaired) electrons. The summed E-state index contributed by atoms with van der Waals surface area (Å²) in [5.41, 5.74) is 2.30. The number of nitrogens with zero attached hydrogens (tertiary/aromatic N) is 4. The summed E-state index contributed by atoms with van der Waals surface area (Å²) in [7, 11) is 0. The number of nitriles is 1. The van der Waals surface area contributed by atoms with Crippen LogP contribution in [0.5, 0.6) is 0 Å². The van der Waals surface area contributed by atoms with Gasteiger partial charge < -0.3 is 19.5 Å². The highest BCUT2D eigenvalue weighted by Gasteiger charge is 2.32. The molecule has 2 fully saturated rings. The second kappa shape index (κ2) is 6.71. The van der Waals surface area contributed by atoms with E-state index in [2.05, 4.69) is 16.4 Å². The Morgan fingerprint density at radius 2 is 1.92 bits per heavy atom. The van der Waals surface area contributed by atoms with E-state index in [1.165, 1.54) is 0 Å².